The van der Waals surface area contributed by atoms with Gasteiger partial charge in [0.15, 0.2) is 0 Å². The van der Waals surface area contributed by atoms with Crippen molar-refractivity contribution < 1.29 is 14.7 Å². The fourth-order valence-corrected chi connectivity index (χ4v) is 4.11. The predicted octanol–water partition coefficient (Wildman–Crippen LogP) is 0.753. The van der Waals surface area contributed by atoms with Gasteiger partial charge in [0, 0.05) is 52.4 Å². The Labute approximate surface area is 147 Å². The van der Waals surface area contributed by atoms with E-state index >= 15 is 0 Å². The van der Waals surface area contributed by atoms with Crippen LogP contribution in [-0.4, -0.2) is 71.6 Å². The molecule has 1 atom stereocenters. The third-order valence-corrected chi connectivity index (χ3v) is 5.64. The summed E-state index contributed by atoms with van der Waals surface area (Å²) in [5.74, 6) is -0.0664. The number of carbonyl (C=O) groups excluding carboxylic acids is 1. The second-order valence-corrected chi connectivity index (χ2v) is 7.21. The first-order valence-corrected chi connectivity index (χ1v) is 8.51. The van der Waals surface area contributed by atoms with Crippen LogP contribution in [-0.2, 0) is 9.59 Å². The van der Waals surface area contributed by atoms with Crippen molar-refractivity contribution in [1.29, 1.82) is 0 Å². The highest BCUT2D eigenvalue weighted by Crippen LogP contribution is 2.43. The summed E-state index contributed by atoms with van der Waals surface area (Å²) in [5, 5.41) is 9.55. The smallest absolute Gasteiger partial charge is 0.309 e. The summed E-state index contributed by atoms with van der Waals surface area (Å²) in [6.45, 7) is 3.25. The molecular formula is C17H25N5O3. The van der Waals surface area contributed by atoms with Crippen LogP contribution in [0.2, 0.25) is 0 Å². The van der Waals surface area contributed by atoms with Gasteiger partial charge >= 0.3 is 5.97 Å². The minimum Gasteiger partial charge on any atom is -0.481 e. The lowest BCUT2D eigenvalue weighted by molar-refractivity contribution is -0.145. The molecule has 0 saturated carbocycles. The lowest BCUT2D eigenvalue weighted by Gasteiger charge is -2.45. The molecule has 8 heteroatoms. The average molecular weight is 347 g/mol. The molecule has 2 aliphatic rings. The number of carbonyl (C=O) groups is 2. The van der Waals surface area contributed by atoms with Gasteiger partial charge in [-0.3, -0.25) is 9.59 Å². The van der Waals surface area contributed by atoms with Gasteiger partial charge in [-0.25, -0.2) is 4.98 Å². The van der Waals surface area contributed by atoms with Crippen LogP contribution in [0.4, 0.5) is 11.8 Å². The first kappa shape index (κ1) is 17.4. The molecule has 2 fully saturated rings. The van der Waals surface area contributed by atoms with E-state index in [1.807, 2.05) is 32.1 Å². The van der Waals surface area contributed by atoms with E-state index in [9.17, 15) is 14.7 Å². The van der Waals surface area contributed by atoms with Crippen LogP contribution in [0.5, 0.6) is 0 Å². The largest absolute Gasteiger partial charge is 0.481 e. The lowest BCUT2D eigenvalue weighted by Crippen LogP contribution is -2.56. The van der Waals surface area contributed by atoms with Crippen LogP contribution in [0.1, 0.15) is 24.8 Å². The zero-order chi connectivity index (χ0) is 18.4. The van der Waals surface area contributed by atoms with Crippen LogP contribution >= 0.6 is 0 Å². The number of carboxylic acid groups (broad SMARTS) is 1. The van der Waals surface area contributed by atoms with Crippen molar-refractivity contribution in [2.45, 2.75) is 31.7 Å². The Kier molecular flexibility index (Phi) is 4.30. The molecule has 3 heterocycles. The lowest BCUT2D eigenvalue weighted by atomic mass is 9.77. The normalized spacial score (nSPS) is 22.6. The quantitative estimate of drug-likeness (QED) is 0.863. The second kappa shape index (κ2) is 6.16. The number of aromatic nitrogens is 2. The number of likely N-dealkylation sites (tertiary alicyclic amines) is 1. The van der Waals surface area contributed by atoms with Gasteiger partial charge in [-0.1, -0.05) is 0 Å². The summed E-state index contributed by atoms with van der Waals surface area (Å²) in [6.07, 6.45) is 3.13. The molecule has 0 aromatic carbocycles. The van der Waals surface area contributed by atoms with E-state index in [-0.39, 0.29) is 12.3 Å². The number of anilines is 2. The van der Waals surface area contributed by atoms with Crippen molar-refractivity contribution >= 4 is 23.6 Å². The molecule has 25 heavy (non-hydrogen) atoms. The molecule has 0 unspecified atom stereocenters. The number of rotatable bonds is 3. The number of amides is 1. The van der Waals surface area contributed by atoms with Gasteiger partial charge < -0.3 is 19.8 Å². The van der Waals surface area contributed by atoms with E-state index in [2.05, 4.69) is 14.9 Å². The van der Waals surface area contributed by atoms with E-state index in [0.29, 0.717) is 31.9 Å². The fourth-order valence-electron chi connectivity index (χ4n) is 4.11. The van der Waals surface area contributed by atoms with Crippen LogP contribution in [0.3, 0.4) is 0 Å². The van der Waals surface area contributed by atoms with Gasteiger partial charge in [-0.05, 0) is 19.8 Å². The van der Waals surface area contributed by atoms with Gasteiger partial charge in [0.1, 0.15) is 5.82 Å². The number of carboxylic acids is 1. The van der Waals surface area contributed by atoms with Gasteiger partial charge in [0.05, 0.1) is 11.5 Å². The number of aryl methyl sites for hydroxylation is 1. The van der Waals surface area contributed by atoms with Crippen molar-refractivity contribution in [3.05, 3.63) is 11.8 Å². The third kappa shape index (κ3) is 2.79. The predicted molar refractivity (Wildman–Crippen MR) is 93.8 cm³/mol. The molecule has 8 nitrogen and oxygen atoms in total. The number of hydrogen-bond donors (Lipinski definition) is 1. The van der Waals surface area contributed by atoms with Crippen molar-refractivity contribution in [1.82, 2.24) is 14.9 Å². The van der Waals surface area contributed by atoms with Crippen LogP contribution in [0.25, 0.3) is 0 Å². The highest BCUT2D eigenvalue weighted by molar-refractivity contribution is 5.88. The molecular weight excluding hydrogens is 322 g/mol. The maximum Gasteiger partial charge on any atom is 0.309 e. The summed E-state index contributed by atoms with van der Waals surface area (Å²) >= 11 is 0. The van der Waals surface area contributed by atoms with Gasteiger partial charge in [0.2, 0.25) is 11.9 Å². The van der Waals surface area contributed by atoms with Crippen molar-refractivity contribution in [3.8, 4) is 0 Å². The summed E-state index contributed by atoms with van der Waals surface area (Å²) < 4.78 is 0. The molecule has 2 saturated heterocycles. The van der Waals surface area contributed by atoms with Crippen LogP contribution < -0.4 is 9.80 Å². The maximum absolute atomic E-state index is 12.1. The first-order valence-electron chi connectivity index (χ1n) is 8.51. The average Bonchev–Trinajstić information content (AvgIpc) is 2.81. The van der Waals surface area contributed by atoms with Crippen molar-refractivity contribution in [3.63, 3.8) is 0 Å². The number of aliphatic carboxylic acids is 1. The molecule has 1 aromatic heterocycles. The molecule has 2 aliphatic heterocycles. The Bertz CT molecular complexity index is 698. The second-order valence-electron chi connectivity index (χ2n) is 7.21. The number of piperidine rings is 1. The molecule has 1 aromatic rings. The fraction of sp³-hybridized carbons (Fsp3) is 0.647. The third-order valence-electron chi connectivity index (χ3n) is 5.64. The van der Waals surface area contributed by atoms with Crippen LogP contribution in [0, 0.1) is 12.8 Å². The highest BCUT2D eigenvalue weighted by Gasteiger charge is 2.55. The summed E-state index contributed by atoms with van der Waals surface area (Å²) in [7, 11) is 5.62. The first-order chi connectivity index (χ1) is 11.8. The zero-order valence-corrected chi connectivity index (χ0v) is 15.2. The van der Waals surface area contributed by atoms with Crippen molar-refractivity contribution in [2.75, 3.05) is 44.0 Å². The van der Waals surface area contributed by atoms with Gasteiger partial charge in [-0.2, -0.15) is 4.98 Å². The van der Waals surface area contributed by atoms with Gasteiger partial charge in [-0.15, -0.1) is 0 Å². The number of hydrogen-bond acceptors (Lipinski definition) is 6. The highest BCUT2D eigenvalue weighted by atomic mass is 16.4. The SMILES string of the molecule is Cc1cnc(N2CCC3(CC2)[C@H](C(=O)O)CC(=O)N3C)nc1N(C)C. The molecule has 1 N–H and O–H groups in total. The Hall–Kier alpha value is -2.38. The molecule has 1 amide bonds. The number of nitrogens with zero attached hydrogens (tertiary/aromatic N) is 5. The Balaban J connectivity index is 1.81. The van der Waals surface area contributed by atoms with E-state index in [1.165, 1.54) is 0 Å². The standard InChI is InChI=1S/C17H25N5O3/c1-11-10-18-16(19-14(11)20(2)3)22-7-5-17(6-8-22)12(15(24)25)9-13(23)21(17)4/h10,12H,5-9H2,1-4H3,(H,24,25)/t12-/m0/s1. The summed E-state index contributed by atoms with van der Waals surface area (Å²) in [4.78, 5) is 38.5. The summed E-state index contributed by atoms with van der Waals surface area (Å²) in [6, 6.07) is 0. The topological polar surface area (TPSA) is 89.9 Å². The molecule has 1 spiro atoms. The van der Waals surface area contributed by atoms with Gasteiger partial charge in [0.25, 0.3) is 0 Å². The van der Waals surface area contributed by atoms with Crippen LogP contribution in [0.15, 0.2) is 6.20 Å². The maximum atomic E-state index is 12.1. The Morgan fingerprint density at radius 1 is 1.36 bits per heavy atom. The molecule has 0 bridgehead atoms. The van der Waals surface area contributed by atoms with E-state index in [0.717, 1.165) is 11.4 Å². The molecule has 0 aliphatic carbocycles. The van der Waals surface area contributed by atoms with E-state index < -0.39 is 17.4 Å². The minimum absolute atomic E-state index is 0.0812. The monoisotopic (exact) mass is 347 g/mol. The van der Waals surface area contributed by atoms with E-state index in [1.54, 1.807) is 11.9 Å². The molecule has 136 valence electrons. The Morgan fingerprint density at radius 3 is 2.56 bits per heavy atom. The molecule has 3 rings (SSSR count). The van der Waals surface area contributed by atoms with E-state index in [4.69, 9.17) is 0 Å². The molecule has 0 radical (unpaired) electrons. The summed E-state index contributed by atoms with van der Waals surface area (Å²) in [5.41, 5.74) is 0.420. The Morgan fingerprint density at radius 2 is 2.00 bits per heavy atom. The minimum atomic E-state index is -0.882. The van der Waals surface area contributed by atoms with Crippen molar-refractivity contribution in [2.24, 2.45) is 5.92 Å². The zero-order valence-electron chi connectivity index (χ0n) is 15.2.